The van der Waals surface area contributed by atoms with Crippen molar-refractivity contribution in [2.24, 2.45) is 0 Å². The van der Waals surface area contributed by atoms with Crippen LogP contribution in [-0.4, -0.2) is 22.0 Å². The minimum absolute atomic E-state index is 0.105. The molecule has 1 N–H and O–H groups in total. The number of fused-ring (bicyclic) bond motifs is 1. The molecule has 0 saturated carbocycles. The molecule has 0 spiro atoms. The first kappa shape index (κ1) is 16.9. The number of hydrogen-bond donors (Lipinski definition) is 1. The summed E-state index contributed by atoms with van der Waals surface area (Å²) in [5, 5.41) is 0. The van der Waals surface area contributed by atoms with E-state index in [0.29, 0.717) is 29.8 Å². The van der Waals surface area contributed by atoms with E-state index in [4.69, 9.17) is 4.74 Å². The molecule has 128 valence electrons. The molecule has 0 fully saturated rings. The summed E-state index contributed by atoms with van der Waals surface area (Å²) in [4.78, 5) is 29.6. The minimum Gasteiger partial charge on any atom is -0.486 e. The molecule has 0 radical (unpaired) electrons. The number of nitrogens with zero attached hydrogens (tertiary/aromatic N) is 1. The average Bonchev–Trinajstić information content (AvgIpc) is 3.00. The second-order valence-electron chi connectivity index (χ2n) is 6.96. The maximum Gasteiger partial charge on any atom is 0.225 e. The van der Waals surface area contributed by atoms with Gasteiger partial charge >= 0.3 is 0 Å². The van der Waals surface area contributed by atoms with Gasteiger partial charge in [-0.05, 0) is 41.3 Å². The Morgan fingerprint density at radius 1 is 1.16 bits per heavy atom. The number of aldehydes is 1. The summed E-state index contributed by atoms with van der Waals surface area (Å²) >= 11 is 0. The largest absolute Gasteiger partial charge is 0.486 e. The van der Waals surface area contributed by atoms with Crippen molar-refractivity contribution in [2.45, 2.75) is 32.8 Å². The van der Waals surface area contributed by atoms with E-state index in [0.717, 1.165) is 11.3 Å². The summed E-state index contributed by atoms with van der Waals surface area (Å²) in [5.41, 5.74) is 3.11. The number of Topliss-reactive ketones (excluding diaryl/α,β-unsaturated/α-hetero) is 1. The maximum atomic E-state index is 11.4. The summed E-state index contributed by atoms with van der Waals surface area (Å²) in [6.07, 6.45) is 0.305. The Bertz CT molecular complexity index is 918. The summed E-state index contributed by atoms with van der Waals surface area (Å²) in [6, 6.07) is 13.0. The molecule has 2 aromatic carbocycles. The van der Waals surface area contributed by atoms with Crippen molar-refractivity contribution < 1.29 is 14.3 Å². The van der Waals surface area contributed by atoms with Gasteiger partial charge < -0.3 is 9.72 Å². The van der Waals surface area contributed by atoms with Crippen LogP contribution in [0.4, 0.5) is 0 Å². The summed E-state index contributed by atoms with van der Waals surface area (Å²) in [7, 11) is 0. The lowest BCUT2D eigenvalue weighted by Gasteiger charge is -2.19. The lowest BCUT2D eigenvalue weighted by molar-refractivity contribution is -0.104. The number of nitrogens with one attached hydrogen (secondary N) is 1. The third-order valence-electron chi connectivity index (χ3n) is 4.02. The minimum atomic E-state index is -0.554. The maximum absolute atomic E-state index is 11.4. The van der Waals surface area contributed by atoms with Crippen LogP contribution in [0.25, 0.3) is 11.0 Å². The number of ether oxygens (including phenoxy) is 1. The number of aromatic amines is 1. The highest BCUT2D eigenvalue weighted by molar-refractivity contribution is 6.33. The fourth-order valence-electron chi connectivity index (χ4n) is 2.55. The zero-order valence-corrected chi connectivity index (χ0v) is 14.5. The van der Waals surface area contributed by atoms with Crippen molar-refractivity contribution in [3.05, 3.63) is 59.4 Å². The quantitative estimate of drug-likeness (QED) is 0.437. The standard InChI is InChI=1S/C20H20N2O3/c1-20(2,3)14-5-7-15(8-6-14)25-12-19-21-16-9-4-13(18(24)11-23)10-17(16)22-19/h4-11H,12H2,1-3H3,(H,21,22). The smallest absolute Gasteiger partial charge is 0.225 e. The Morgan fingerprint density at radius 2 is 1.88 bits per heavy atom. The number of H-pyrrole nitrogens is 1. The van der Waals surface area contributed by atoms with Gasteiger partial charge in [-0.2, -0.15) is 0 Å². The van der Waals surface area contributed by atoms with E-state index < -0.39 is 5.78 Å². The molecule has 5 heteroatoms. The van der Waals surface area contributed by atoms with Gasteiger partial charge in [-0.1, -0.05) is 32.9 Å². The zero-order chi connectivity index (χ0) is 18.0. The van der Waals surface area contributed by atoms with E-state index in [1.807, 2.05) is 12.1 Å². The van der Waals surface area contributed by atoms with Gasteiger partial charge in [0.1, 0.15) is 18.2 Å². The molecule has 0 aliphatic rings. The van der Waals surface area contributed by atoms with Crippen LogP contribution in [0.5, 0.6) is 5.75 Å². The van der Waals surface area contributed by atoms with Crippen molar-refractivity contribution in [1.82, 2.24) is 9.97 Å². The number of hydrogen-bond acceptors (Lipinski definition) is 4. The first-order valence-corrected chi connectivity index (χ1v) is 8.08. The molecule has 0 atom stereocenters. The van der Waals surface area contributed by atoms with Crippen LogP contribution in [0.15, 0.2) is 42.5 Å². The molecular formula is C20H20N2O3. The van der Waals surface area contributed by atoms with E-state index >= 15 is 0 Å². The normalized spacial score (nSPS) is 11.5. The molecule has 0 aliphatic carbocycles. The zero-order valence-electron chi connectivity index (χ0n) is 14.5. The van der Waals surface area contributed by atoms with Gasteiger partial charge in [0.05, 0.1) is 11.0 Å². The average molecular weight is 336 g/mol. The highest BCUT2D eigenvalue weighted by Gasteiger charge is 2.13. The topological polar surface area (TPSA) is 72.0 Å². The third kappa shape index (κ3) is 3.76. The number of carbonyl (C=O) groups excluding carboxylic acids is 2. The van der Waals surface area contributed by atoms with E-state index in [1.165, 1.54) is 5.56 Å². The van der Waals surface area contributed by atoms with Crippen molar-refractivity contribution in [3.63, 3.8) is 0 Å². The fourth-order valence-corrected chi connectivity index (χ4v) is 2.55. The van der Waals surface area contributed by atoms with Gasteiger partial charge in [0.15, 0.2) is 6.29 Å². The molecule has 1 aromatic heterocycles. The van der Waals surface area contributed by atoms with E-state index in [1.54, 1.807) is 18.2 Å². The highest BCUT2D eigenvalue weighted by atomic mass is 16.5. The number of carbonyl (C=O) groups is 2. The first-order chi connectivity index (χ1) is 11.9. The summed E-state index contributed by atoms with van der Waals surface area (Å²) < 4.78 is 5.77. The molecule has 0 saturated heterocycles. The fraction of sp³-hybridized carbons (Fsp3) is 0.250. The summed E-state index contributed by atoms with van der Waals surface area (Å²) in [5.74, 6) is 0.873. The van der Waals surface area contributed by atoms with E-state index in [9.17, 15) is 9.59 Å². The predicted octanol–water partition coefficient (Wildman–Crippen LogP) is 3.82. The van der Waals surface area contributed by atoms with Gasteiger partial charge in [-0.25, -0.2) is 4.98 Å². The third-order valence-corrected chi connectivity index (χ3v) is 4.02. The molecule has 0 aliphatic heterocycles. The Hall–Kier alpha value is -2.95. The van der Waals surface area contributed by atoms with Crippen LogP contribution in [0.2, 0.25) is 0 Å². The van der Waals surface area contributed by atoms with Crippen LogP contribution >= 0.6 is 0 Å². The number of aromatic nitrogens is 2. The summed E-state index contributed by atoms with van der Waals surface area (Å²) in [6.45, 7) is 6.79. The number of benzene rings is 2. The molecule has 0 amide bonds. The molecule has 5 nitrogen and oxygen atoms in total. The van der Waals surface area contributed by atoms with Crippen molar-refractivity contribution >= 4 is 23.1 Å². The Balaban J connectivity index is 1.73. The molecule has 25 heavy (non-hydrogen) atoms. The molecule has 1 heterocycles. The predicted molar refractivity (Wildman–Crippen MR) is 96.0 cm³/mol. The monoisotopic (exact) mass is 336 g/mol. The Kier molecular flexibility index (Phi) is 4.40. The van der Waals surface area contributed by atoms with Crippen molar-refractivity contribution in [2.75, 3.05) is 0 Å². The molecular weight excluding hydrogens is 316 g/mol. The molecule has 0 unspecified atom stereocenters. The van der Waals surface area contributed by atoms with Crippen molar-refractivity contribution in [1.29, 1.82) is 0 Å². The second-order valence-corrected chi connectivity index (χ2v) is 6.96. The first-order valence-electron chi connectivity index (χ1n) is 8.08. The second kappa shape index (κ2) is 6.51. The number of imidazole rings is 1. The molecule has 0 bridgehead atoms. The van der Waals surface area contributed by atoms with Crippen LogP contribution < -0.4 is 4.74 Å². The van der Waals surface area contributed by atoms with Crippen LogP contribution in [-0.2, 0) is 16.8 Å². The lowest BCUT2D eigenvalue weighted by atomic mass is 9.87. The van der Waals surface area contributed by atoms with Crippen LogP contribution in [0.1, 0.15) is 42.5 Å². The van der Waals surface area contributed by atoms with Gasteiger partial charge in [0.2, 0.25) is 5.78 Å². The van der Waals surface area contributed by atoms with Gasteiger partial charge in [-0.3, -0.25) is 9.59 Å². The SMILES string of the molecule is CC(C)(C)c1ccc(OCc2nc3cc(C(=O)C=O)ccc3[nH]2)cc1. The van der Waals surface area contributed by atoms with Crippen molar-refractivity contribution in [3.8, 4) is 5.75 Å². The van der Waals surface area contributed by atoms with Gasteiger partial charge in [0, 0.05) is 5.56 Å². The van der Waals surface area contributed by atoms with Crippen LogP contribution in [0, 0.1) is 0 Å². The molecule has 3 aromatic rings. The Labute approximate surface area is 146 Å². The number of ketones is 1. The Morgan fingerprint density at radius 3 is 2.52 bits per heavy atom. The van der Waals surface area contributed by atoms with Crippen LogP contribution in [0.3, 0.4) is 0 Å². The molecule has 3 rings (SSSR count). The van der Waals surface area contributed by atoms with E-state index in [2.05, 4.69) is 42.9 Å². The lowest BCUT2D eigenvalue weighted by Crippen LogP contribution is -2.10. The number of rotatable bonds is 5. The highest BCUT2D eigenvalue weighted by Crippen LogP contribution is 2.24. The van der Waals surface area contributed by atoms with E-state index in [-0.39, 0.29) is 5.41 Å². The van der Waals surface area contributed by atoms with Gasteiger partial charge in [-0.15, -0.1) is 0 Å². The van der Waals surface area contributed by atoms with Gasteiger partial charge in [0.25, 0.3) is 0 Å².